The lowest BCUT2D eigenvalue weighted by molar-refractivity contribution is 0.0709. The second-order valence-electron chi connectivity index (χ2n) is 4.24. The summed E-state index contributed by atoms with van der Waals surface area (Å²) in [6, 6.07) is 4.35. The molecular weight excluding hydrogens is 278 g/mol. The number of hydrogen-bond acceptors (Lipinski definition) is 2. The molecule has 0 radical (unpaired) electrons. The molecule has 1 unspecified atom stereocenters. The van der Waals surface area contributed by atoms with Crippen molar-refractivity contribution < 1.29 is 9.18 Å². The predicted molar refractivity (Wildman–Crippen MR) is 72.0 cm³/mol. The van der Waals surface area contributed by atoms with Crippen LogP contribution in [0.25, 0.3) is 0 Å². The van der Waals surface area contributed by atoms with Crippen LogP contribution in [0, 0.1) is 5.82 Å². The van der Waals surface area contributed by atoms with Gasteiger partial charge in [-0.3, -0.25) is 4.79 Å². The largest absolute Gasteiger partial charge is 0.336 e. The Morgan fingerprint density at radius 1 is 1.56 bits per heavy atom. The van der Waals surface area contributed by atoms with Crippen molar-refractivity contribution in [2.24, 2.45) is 0 Å². The minimum Gasteiger partial charge on any atom is -0.336 e. The van der Waals surface area contributed by atoms with Crippen LogP contribution in [0.3, 0.4) is 0 Å². The predicted octanol–water partition coefficient (Wildman–Crippen LogP) is 2.33. The standard InChI is InChI=1S/C12H14ClFN2O.ClH/c1-8-7-16(5-4-15-8)12(17)9-2-3-11(14)10(13)6-9;/h2-3,6,8,15H,4-5,7H2,1H3;1H. The third-order valence-corrected chi connectivity index (χ3v) is 3.11. The van der Waals surface area contributed by atoms with Gasteiger partial charge in [0.1, 0.15) is 5.82 Å². The number of amides is 1. The van der Waals surface area contributed by atoms with Gasteiger partial charge in [-0.15, -0.1) is 12.4 Å². The first-order chi connectivity index (χ1) is 8.08. The van der Waals surface area contributed by atoms with Gasteiger partial charge in [0.25, 0.3) is 5.91 Å². The van der Waals surface area contributed by atoms with Crippen molar-refractivity contribution in [2.75, 3.05) is 19.6 Å². The minimum absolute atomic E-state index is 0. The maximum atomic E-state index is 13.0. The SMILES string of the molecule is CC1CN(C(=O)c2ccc(F)c(Cl)c2)CCN1.Cl. The van der Waals surface area contributed by atoms with Crippen molar-refractivity contribution in [3.63, 3.8) is 0 Å². The van der Waals surface area contributed by atoms with Crippen molar-refractivity contribution in [3.8, 4) is 0 Å². The van der Waals surface area contributed by atoms with Crippen LogP contribution >= 0.6 is 24.0 Å². The first-order valence-corrected chi connectivity index (χ1v) is 5.93. The van der Waals surface area contributed by atoms with Crippen LogP contribution in [0.1, 0.15) is 17.3 Å². The molecule has 1 atom stereocenters. The number of piperazine rings is 1. The zero-order valence-corrected chi connectivity index (χ0v) is 11.5. The maximum absolute atomic E-state index is 13.0. The van der Waals surface area contributed by atoms with Gasteiger partial charge in [0.2, 0.25) is 0 Å². The molecule has 0 saturated carbocycles. The van der Waals surface area contributed by atoms with E-state index in [0.29, 0.717) is 18.7 Å². The van der Waals surface area contributed by atoms with Crippen molar-refractivity contribution in [3.05, 3.63) is 34.6 Å². The third-order valence-electron chi connectivity index (χ3n) is 2.82. The summed E-state index contributed by atoms with van der Waals surface area (Å²) < 4.78 is 13.0. The molecule has 2 rings (SSSR count). The number of nitrogens with one attached hydrogen (secondary N) is 1. The number of carbonyl (C=O) groups is 1. The van der Waals surface area contributed by atoms with Gasteiger partial charge in [-0.05, 0) is 25.1 Å². The van der Waals surface area contributed by atoms with E-state index in [1.807, 2.05) is 6.92 Å². The molecule has 1 saturated heterocycles. The highest BCUT2D eigenvalue weighted by atomic mass is 35.5. The summed E-state index contributed by atoms with van der Waals surface area (Å²) in [5.74, 6) is -0.600. The van der Waals surface area contributed by atoms with Crippen LogP contribution in [0.4, 0.5) is 4.39 Å². The highest BCUT2D eigenvalue weighted by Gasteiger charge is 2.21. The van der Waals surface area contributed by atoms with Crippen LogP contribution in [0.2, 0.25) is 5.02 Å². The number of nitrogens with zero attached hydrogens (tertiary/aromatic N) is 1. The maximum Gasteiger partial charge on any atom is 0.254 e. The van der Waals surface area contributed by atoms with E-state index in [1.54, 1.807) is 4.90 Å². The Labute approximate surface area is 117 Å². The van der Waals surface area contributed by atoms with Crippen LogP contribution in [0.5, 0.6) is 0 Å². The van der Waals surface area contributed by atoms with Gasteiger partial charge in [-0.2, -0.15) is 0 Å². The fourth-order valence-corrected chi connectivity index (χ4v) is 2.11. The molecule has 1 aliphatic heterocycles. The Hall–Kier alpha value is -0.840. The van der Waals surface area contributed by atoms with Crippen LogP contribution in [0.15, 0.2) is 18.2 Å². The second-order valence-corrected chi connectivity index (χ2v) is 4.64. The van der Waals surface area contributed by atoms with Crippen LogP contribution in [-0.4, -0.2) is 36.5 Å². The molecule has 3 nitrogen and oxygen atoms in total. The van der Waals surface area contributed by atoms with Gasteiger partial charge in [0, 0.05) is 31.2 Å². The third kappa shape index (κ3) is 3.34. The molecule has 1 aromatic rings. The summed E-state index contributed by atoms with van der Waals surface area (Å²) in [7, 11) is 0. The number of carbonyl (C=O) groups excluding carboxylic acids is 1. The molecule has 1 amide bonds. The van der Waals surface area contributed by atoms with Gasteiger partial charge < -0.3 is 10.2 Å². The van der Waals surface area contributed by atoms with E-state index in [1.165, 1.54) is 18.2 Å². The smallest absolute Gasteiger partial charge is 0.254 e. The van der Waals surface area contributed by atoms with Crippen molar-refractivity contribution in [2.45, 2.75) is 13.0 Å². The molecule has 0 aromatic heterocycles. The van der Waals surface area contributed by atoms with Crippen LogP contribution in [-0.2, 0) is 0 Å². The molecule has 1 fully saturated rings. The second kappa shape index (κ2) is 6.36. The zero-order valence-electron chi connectivity index (χ0n) is 9.95. The summed E-state index contributed by atoms with van der Waals surface area (Å²) in [6.45, 7) is 4.13. The quantitative estimate of drug-likeness (QED) is 0.862. The number of halogens is 3. The molecule has 18 heavy (non-hydrogen) atoms. The van der Waals surface area contributed by atoms with Crippen LogP contribution < -0.4 is 5.32 Å². The summed E-state index contributed by atoms with van der Waals surface area (Å²) >= 11 is 5.67. The normalized spacial score (nSPS) is 19.3. The molecule has 1 aliphatic rings. The van der Waals surface area contributed by atoms with E-state index in [2.05, 4.69) is 5.32 Å². The summed E-state index contributed by atoms with van der Waals surface area (Å²) in [5.41, 5.74) is 0.436. The lowest BCUT2D eigenvalue weighted by Gasteiger charge is -2.32. The zero-order chi connectivity index (χ0) is 12.4. The Morgan fingerprint density at radius 3 is 2.89 bits per heavy atom. The highest BCUT2D eigenvalue weighted by Crippen LogP contribution is 2.17. The fourth-order valence-electron chi connectivity index (χ4n) is 1.93. The monoisotopic (exact) mass is 292 g/mol. The number of hydrogen-bond donors (Lipinski definition) is 1. The van der Waals surface area contributed by atoms with Gasteiger partial charge in [-0.25, -0.2) is 4.39 Å². The Kier molecular flexibility index (Phi) is 5.38. The molecule has 100 valence electrons. The molecule has 1 heterocycles. The van der Waals surface area contributed by atoms with E-state index in [4.69, 9.17) is 11.6 Å². The molecule has 0 aliphatic carbocycles. The lowest BCUT2D eigenvalue weighted by atomic mass is 10.1. The number of benzene rings is 1. The molecule has 1 aromatic carbocycles. The molecule has 1 N–H and O–H groups in total. The van der Waals surface area contributed by atoms with Crippen molar-refractivity contribution in [1.82, 2.24) is 10.2 Å². The van der Waals surface area contributed by atoms with Crippen molar-refractivity contribution in [1.29, 1.82) is 0 Å². The summed E-state index contributed by atoms with van der Waals surface area (Å²) in [6.07, 6.45) is 0. The molecule has 0 bridgehead atoms. The Morgan fingerprint density at radius 2 is 2.28 bits per heavy atom. The highest BCUT2D eigenvalue weighted by molar-refractivity contribution is 6.31. The average molecular weight is 293 g/mol. The van der Waals surface area contributed by atoms with Gasteiger partial charge >= 0.3 is 0 Å². The van der Waals surface area contributed by atoms with E-state index in [-0.39, 0.29) is 29.4 Å². The van der Waals surface area contributed by atoms with E-state index < -0.39 is 5.82 Å². The first kappa shape index (κ1) is 15.2. The summed E-state index contributed by atoms with van der Waals surface area (Å²) in [5, 5.41) is 3.24. The molecular formula is C12H15Cl2FN2O. The van der Waals surface area contributed by atoms with Crippen molar-refractivity contribution >= 4 is 29.9 Å². The van der Waals surface area contributed by atoms with Gasteiger partial charge in [0.15, 0.2) is 0 Å². The Bertz CT molecular complexity index is 442. The minimum atomic E-state index is -0.503. The molecule has 0 spiro atoms. The van der Waals surface area contributed by atoms with E-state index in [0.717, 1.165) is 6.54 Å². The average Bonchev–Trinajstić information content (AvgIpc) is 2.32. The summed E-state index contributed by atoms with van der Waals surface area (Å²) in [4.78, 5) is 13.9. The van der Waals surface area contributed by atoms with E-state index in [9.17, 15) is 9.18 Å². The topological polar surface area (TPSA) is 32.3 Å². The lowest BCUT2D eigenvalue weighted by Crippen LogP contribution is -2.51. The van der Waals surface area contributed by atoms with Gasteiger partial charge in [0.05, 0.1) is 5.02 Å². The first-order valence-electron chi connectivity index (χ1n) is 5.55. The molecule has 6 heteroatoms. The fraction of sp³-hybridized carbons (Fsp3) is 0.417. The Balaban J connectivity index is 0.00000162. The van der Waals surface area contributed by atoms with E-state index >= 15 is 0 Å². The number of rotatable bonds is 1. The van der Waals surface area contributed by atoms with Gasteiger partial charge in [-0.1, -0.05) is 11.6 Å².